The SMILES string of the molecule is C[C@H]1CN(C(=O)C2CCC(C(=O)N3C[C@H](C)OC(C)(C)C3)CC2)CC(C)(C)O1. The Hall–Kier alpha value is -1.14. The summed E-state index contributed by atoms with van der Waals surface area (Å²) in [5, 5.41) is 0. The lowest BCUT2D eigenvalue weighted by Gasteiger charge is -2.44. The topological polar surface area (TPSA) is 59.1 Å². The molecule has 1 saturated carbocycles. The van der Waals surface area contributed by atoms with Crippen LogP contribution < -0.4 is 0 Å². The van der Waals surface area contributed by atoms with Crippen LogP contribution in [0.5, 0.6) is 0 Å². The van der Waals surface area contributed by atoms with Crippen molar-refractivity contribution in [3.63, 3.8) is 0 Å². The van der Waals surface area contributed by atoms with Gasteiger partial charge < -0.3 is 19.3 Å². The van der Waals surface area contributed by atoms with Crippen LogP contribution in [0.3, 0.4) is 0 Å². The van der Waals surface area contributed by atoms with Crippen molar-refractivity contribution in [1.82, 2.24) is 9.80 Å². The Kier molecular flexibility index (Phi) is 6.12. The van der Waals surface area contributed by atoms with Crippen molar-refractivity contribution >= 4 is 11.8 Å². The maximum absolute atomic E-state index is 13.1. The van der Waals surface area contributed by atoms with E-state index < -0.39 is 0 Å². The molecule has 0 aromatic heterocycles. The van der Waals surface area contributed by atoms with E-state index in [0.717, 1.165) is 25.7 Å². The summed E-state index contributed by atoms with van der Waals surface area (Å²) in [4.78, 5) is 30.1. The van der Waals surface area contributed by atoms with Crippen molar-refractivity contribution in [2.75, 3.05) is 26.2 Å². The van der Waals surface area contributed by atoms with E-state index in [1.807, 2.05) is 51.3 Å². The predicted octanol–water partition coefficient (Wildman–Crippen LogP) is 2.84. The predicted molar refractivity (Wildman–Crippen MR) is 108 cm³/mol. The zero-order chi connectivity index (χ0) is 20.7. The number of hydrogen-bond acceptors (Lipinski definition) is 4. The first-order valence-corrected chi connectivity index (χ1v) is 10.9. The zero-order valence-electron chi connectivity index (χ0n) is 18.5. The van der Waals surface area contributed by atoms with Crippen LogP contribution in [-0.2, 0) is 19.1 Å². The minimum absolute atomic E-state index is 0.0465. The van der Waals surface area contributed by atoms with Gasteiger partial charge in [0, 0.05) is 38.0 Å². The number of carbonyl (C=O) groups is 2. The second kappa shape index (κ2) is 7.94. The van der Waals surface area contributed by atoms with E-state index in [9.17, 15) is 9.59 Å². The van der Waals surface area contributed by atoms with Crippen LogP contribution in [-0.4, -0.2) is 71.2 Å². The van der Waals surface area contributed by atoms with Crippen molar-refractivity contribution < 1.29 is 19.1 Å². The van der Waals surface area contributed by atoms with Crippen molar-refractivity contribution in [3.05, 3.63) is 0 Å². The number of nitrogens with zero attached hydrogens (tertiary/aromatic N) is 2. The highest BCUT2D eigenvalue weighted by Gasteiger charge is 2.40. The summed E-state index contributed by atoms with van der Waals surface area (Å²) in [5.74, 6) is 0.584. The third kappa shape index (κ3) is 5.07. The normalized spacial score (nSPS) is 35.5. The van der Waals surface area contributed by atoms with Gasteiger partial charge in [-0.25, -0.2) is 0 Å². The third-order valence-corrected chi connectivity index (χ3v) is 6.19. The summed E-state index contributed by atoms with van der Waals surface area (Å²) in [7, 11) is 0. The third-order valence-electron chi connectivity index (χ3n) is 6.19. The van der Waals surface area contributed by atoms with Crippen molar-refractivity contribution in [3.8, 4) is 0 Å². The molecule has 2 saturated heterocycles. The van der Waals surface area contributed by atoms with Crippen molar-refractivity contribution in [2.45, 2.75) is 90.6 Å². The highest BCUT2D eigenvalue weighted by Crippen LogP contribution is 2.34. The fourth-order valence-corrected chi connectivity index (χ4v) is 5.35. The van der Waals surface area contributed by atoms with Gasteiger partial charge in [0.25, 0.3) is 0 Å². The molecule has 0 unspecified atom stereocenters. The molecule has 2 heterocycles. The Morgan fingerprint density at radius 2 is 1.04 bits per heavy atom. The molecule has 0 radical (unpaired) electrons. The summed E-state index contributed by atoms with van der Waals surface area (Å²) in [6.07, 6.45) is 3.37. The molecule has 2 atom stereocenters. The number of morpholine rings is 2. The molecule has 6 heteroatoms. The maximum Gasteiger partial charge on any atom is 0.225 e. The van der Waals surface area contributed by atoms with Crippen LogP contribution in [0.1, 0.15) is 67.2 Å². The van der Waals surface area contributed by atoms with Crippen LogP contribution in [0.4, 0.5) is 0 Å². The highest BCUT2D eigenvalue weighted by atomic mass is 16.5. The van der Waals surface area contributed by atoms with Crippen LogP contribution >= 0.6 is 0 Å². The van der Waals surface area contributed by atoms with Gasteiger partial charge in [0.1, 0.15) is 0 Å². The van der Waals surface area contributed by atoms with Gasteiger partial charge in [0.15, 0.2) is 0 Å². The molecule has 0 spiro atoms. The molecule has 1 aliphatic carbocycles. The molecule has 2 aliphatic heterocycles. The van der Waals surface area contributed by atoms with E-state index in [1.165, 1.54) is 0 Å². The first kappa shape index (κ1) is 21.6. The van der Waals surface area contributed by atoms with E-state index >= 15 is 0 Å². The Bertz CT molecular complexity index is 543. The van der Waals surface area contributed by atoms with E-state index in [4.69, 9.17) is 9.47 Å². The van der Waals surface area contributed by atoms with Crippen LogP contribution in [0.15, 0.2) is 0 Å². The average molecular weight is 395 g/mol. The summed E-state index contributed by atoms with van der Waals surface area (Å²) < 4.78 is 11.9. The summed E-state index contributed by atoms with van der Waals surface area (Å²) in [6.45, 7) is 14.9. The van der Waals surface area contributed by atoms with E-state index in [-0.39, 0.29) is 47.1 Å². The molecule has 28 heavy (non-hydrogen) atoms. The van der Waals surface area contributed by atoms with Crippen LogP contribution in [0.25, 0.3) is 0 Å². The smallest absolute Gasteiger partial charge is 0.225 e. The molecular formula is C22H38N2O4. The summed E-state index contributed by atoms with van der Waals surface area (Å²) in [6, 6.07) is 0. The van der Waals surface area contributed by atoms with Crippen molar-refractivity contribution in [1.29, 1.82) is 0 Å². The standard InChI is InChI=1S/C22H38N2O4/c1-15-11-23(13-21(3,4)27-15)19(25)17-7-9-18(10-8-17)20(26)24-12-16(2)28-22(5,6)14-24/h15-18H,7-14H2,1-6H3/t15-,16-,17?,18?/m0/s1. The number of carbonyl (C=O) groups excluding carboxylic acids is 2. The van der Waals surface area contributed by atoms with Gasteiger partial charge in [0.2, 0.25) is 11.8 Å². The van der Waals surface area contributed by atoms with Gasteiger partial charge >= 0.3 is 0 Å². The fraction of sp³-hybridized carbons (Fsp3) is 0.909. The van der Waals surface area contributed by atoms with Gasteiger partial charge in [-0.15, -0.1) is 0 Å². The molecule has 0 N–H and O–H groups in total. The quantitative estimate of drug-likeness (QED) is 0.723. The zero-order valence-corrected chi connectivity index (χ0v) is 18.5. The molecule has 3 aliphatic rings. The van der Waals surface area contributed by atoms with Gasteiger partial charge in [-0.1, -0.05) is 0 Å². The van der Waals surface area contributed by atoms with E-state index in [1.54, 1.807) is 0 Å². The van der Waals surface area contributed by atoms with Crippen molar-refractivity contribution in [2.24, 2.45) is 11.8 Å². The molecule has 3 rings (SSSR count). The van der Waals surface area contributed by atoms with Gasteiger partial charge in [-0.05, 0) is 67.2 Å². The number of hydrogen-bond donors (Lipinski definition) is 0. The lowest BCUT2D eigenvalue weighted by atomic mass is 9.80. The van der Waals surface area contributed by atoms with Crippen LogP contribution in [0, 0.1) is 11.8 Å². The van der Waals surface area contributed by atoms with E-state index in [2.05, 4.69) is 0 Å². The lowest BCUT2D eigenvalue weighted by Crippen LogP contribution is -2.56. The van der Waals surface area contributed by atoms with Gasteiger partial charge in [0.05, 0.1) is 23.4 Å². The van der Waals surface area contributed by atoms with E-state index in [0.29, 0.717) is 26.2 Å². The molecule has 0 aromatic carbocycles. The molecule has 3 fully saturated rings. The van der Waals surface area contributed by atoms with Gasteiger partial charge in [-0.3, -0.25) is 9.59 Å². The minimum Gasteiger partial charge on any atom is -0.369 e. The second-order valence-electron chi connectivity index (χ2n) is 10.4. The number of rotatable bonds is 2. The monoisotopic (exact) mass is 394 g/mol. The number of ether oxygens (including phenoxy) is 2. The molecule has 2 amide bonds. The minimum atomic E-state index is -0.291. The largest absolute Gasteiger partial charge is 0.369 e. The van der Waals surface area contributed by atoms with Gasteiger partial charge in [-0.2, -0.15) is 0 Å². The number of amides is 2. The molecule has 0 aromatic rings. The molecule has 6 nitrogen and oxygen atoms in total. The molecule has 0 bridgehead atoms. The summed E-state index contributed by atoms with van der Waals surface area (Å²) >= 11 is 0. The average Bonchev–Trinajstić information content (AvgIpc) is 2.57. The second-order valence-corrected chi connectivity index (χ2v) is 10.4. The first-order valence-electron chi connectivity index (χ1n) is 10.9. The molecule has 160 valence electrons. The van der Waals surface area contributed by atoms with Crippen LogP contribution in [0.2, 0.25) is 0 Å². The Balaban J connectivity index is 1.54. The fourth-order valence-electron chi connectivity index (χ4n) is 5.35. The highest BCUT2D eigenvalue weighted by molar-refractivity contribution is 5.81. The maximum atomic E-state index is 13.1. The summed E-state index contributed by atoms with van der Waals surface area (Å²) in [5.41, 5.74) is -0.583. The Labute approximate surface area is 169 Å². The first-order chi connectivity index (χ1) is 13.0. The Morgan fingerprint density at radius 1 is 0.714 bits per heavy atom. The lowest BCUT2D eigenvalue weighted by molar-refractivity contribution is -0.165. The molecular weight excluding hydrogens is 356 g/mol. The Morgan fingerprint density at radius 3 is 1.32 bits per heavy atom.